The molecule has 5 nitrogen and oxygen atoms in total. The first-order valence-corrected chi connectivity index (χ1v) is 6.63. The molecule has 1 aromatic heterocycles. The molecular weight excluding hydrogens is 264 g/mol. The molecular formula is C13H16N2O3S. The molecule has 0 aliphatic heterocycles. The summed E-state index contributed by atoms with van der Waals surface area (Å²) in [6, 6.07) is 1.76. The Kier molecular flexibility index (Phi) is 6.06. The topological polar surface area (TPSA) is 92.4 Å². The molecule has 102 valence electrons. The molecule has 1 rings (SSSR count). The number of aliphatic hydroxyl groups is 1. The number of thiophene rings is 1. The maximum absolute atomic E-state index is 11.8. The predicted molar refractivity (Wildman–Crippen MR) is 73.8 cm³/mol. The third kappa shape index (κ3) is 5.12. The first kappa shape index (κ1) is 15.2. The van der Waals surface area contributed by atoms with Gasteiger partial charge >= 0.3 is 0 Å². The van der Waals surface area contributed by atoms with Crippen LogP contribution < -0.4 is 11.1 Å². The molecule has 0 saturated heterocycles. The molecule has 2 amide bonds. The SMILES string of the molecule is Cc1cc(C(=O)NCCCC(N)=O)sc1C#CCO. The van der Waals surface area contributed by atoms with Crippen LogP contribution in [0.15, 0.2) is 6.07 Å². The van der Waals surface area contributed by atoms with E-state index in [1.807, 2.05) is 6.92 Å². The van der Waals surface area contributed by atoms with E-state index in [1.54, 1.807) is 6.07 Å². The van der Waals surface area contributed by atoms with Gasteiger partial charge in [-0.2, -0.15) is 0 Å². The van der Waals surface area contributed by atoms with E-state index in [-0.39, 0.29) is 24.8 Å². The van der Waals surface area contributed by atoms with Crippen LogP contribution in [0.1, 0.15) is 33.0 Å². The van der Waals surface area contributed by atoms with Crippen molar-refractivity contribution in [2.45, 2.75) is 19.8 Å². The van der Waals surface area contributed by atoms with Crippen LogP contribution in [0, 0.1) is 18.8 Å². The number of hydrogen-bond acceptors (Lipinski definition) is 4. The molecule has 0 aliphatic rings. The normalized spacial score (nSPS) is 9.58. The van der Waals surface area contributed by atoms with E-state index >= 15 is 0 Å². The van der Waals surface area contributed by atoms with Crippen LogP contribution in [0.5, 0.6) is 0 Å². The molecule has 1 heterocycles. The molecule has 4 N–H and O–H groups in total. The predicted octanol–water partition coefficient (Wildman–Crippen LogP) is 0.396. The zero-order chi connectivity index (χ0) is 14.3. The zero-order valence-corrected chi connectivity index (χ0v) is 11.5. The maximum atomic E-state index is 11.8. The van der Waals surface area contributed by atoms with Gasteiger partial charge in [-0.15, -0.1) is 11.3 Å². The first-order valence-electron chi connectivity index (χ1n) is 5.81. The van der Waals surface area contributed by atoms with Crippen LogP contribution in [-0.2, 0) is 4.79 Å². The van der Waals surface area contributed by atoms with Crippen LogP contribution in [0.4, 0.5) is 0 Å². The van der Waals surface area contributed by atoms with E-state index in [0.29, 0.717) is 17.8 Å². The van der Waals surface area contributed by atoms with Crippen molar-refractivity contribution in [3.63, 3.8) is 0 Å². The summed E-state index contributed by atoms with van der Waals surface area (Å²) in [6.07, 6.45) is 0.791. The Balaban J connectivity index is 2.55. The lowest BCUT2D eigenvalue weighted by atomic mass is 10.2. The average Bonchev–Trinajstić information content (AvgIpc) is 2.73. The van der Waals surface area contributed by atoms with Crippen molar-refractivity contribution in [3.05, 3.63) is 21.4 Å². The molecule has 0 bridgehead atoms. The number of aliphatic hydroxyl groups excluding tert-OH is 1. The Bertz CT molecular complexity index is 526. The number of nitrogens with one attached hydrogen (secondary N) is 1. The molecule has 0 unspecified atom stereocenters. The van der Waals surface area contributed by atoms with Crippen molar-refractivity contribution < 1.29 is 14.7 Å². The molecule has 6 heteroatoms. The molecule has 19 heavy (non-hydrogen) atoms. The average molecular weight is 280 g/mol. The number of carbonyl (C=O) groups is 2. The Morgan fingerprint density at radius 2 is 2.26 bits per heavy atom. The van der Waals surface area contributed by atoms with Crippen molar-refractivity contribution in [1.29, 1.82) is 0 Å². The first-order chi connectivity index (χ1) is 9.04. The number of carbonyl (C=O) groups excluding carboxylic acids is 2. The second-order valence-electron chi connectivity index (χ2n) is 3.91. The zero-order valence-electron chi connectivity index (χ0n) is 10.7. The fourth-order valence-corrected chi connectivity index (χ4v) is 2.35. The molecule has 0 saturated carbocycles. The van der Waals surface area contributed by atoms with Gasteiger partial charge in [0.15, 0.2) is 0 Å². The van der Waals surface area contributed by atoms with Crippen molar-refractivity contribution in [2.24, 2.45) is 5.73 Å². The van der Waals surface area contributed by atoms with Gasteiger partial charge in [-0.05, 0) is 25.0 Å². The maximum Gasteiger partial charge on any atom is 0.261 e. The highest BCUT2D eigenvalue weighted by molar-refractivity contribution is 7.14. The second-order valence-corrected chi connectivity index (χ2v) is 4.96. The van der Waals surface area contributed by atoms with Crippen molar-refractivity contribution in [2.75, 3.05) is 13.2 Å². The summed E-state index contributed by atoms with van der Waals surface area (Å²) in [5, 5.41) is 11.4. The summed E-state index contributed by atoms with van der Waals surface area (Å²) in [5.41, 5.74) is 5.92. The molecule has 1 aromatic rings. The molecule has 0 fully saturated rings. The molecule has 0 aromatic carbocycles. The minimum absolute atomic E-state index is 0.186. The summed E-state index contributed by atoms with van der Waals surface area (Å²) >= 11 is 1.28. The lowest BCUT2D eigenvalue weighted by Gasteiger charge is -2.01. The number of hydrogen-bond donors (Lipinski definition) is 3. The summed E-state index contributed by atoms with van der Waals surface area (Å²) in [7, 11) is 0. The Morgan fingerprint density at radius 1 is 1.53 bits per heavy atom. The smallest absolute Gasteiger partial charge is 0.261 e. The van der Waals surface area contributed by atoms with Gasteiger partial charge in [0.2, 0.25) is 5.91 Å². The number of primary amides is 1. The number of aryl methyl sites for hydroxylation is 1. The fraction of sp³-hybridized carbons (Fsp3) is 0.385. The molecule has 0 aliphatic carbocycles. The van der Waals surface area contributed by atoms with E-state index in [9.17, 15) is 9.59 Å². The minimum atomic E-state index is -0.372. The molecule has 0 radical (unpaired) electrons. The summed E-state index contributed by atoms with van der Waals surface area (Å²) in [6.45, 7) is 2.07. The largest absolute Gasteiger partial charge is 0.384 e. The number of amides is 2. The van der Waals surface area contributed by atoms with Gasteiger partial charge < -0.3 is 16.2 Å². The molecule has 0 spiro atoms. The number of nitrogens with two attached hydrogens (primary N) is 1. The summed E-state index contributed by atoms with van der Waals surface area (Å²) in [4.78, 5) is 23.7. The summed E-state index contributed by atoms with van der Waals surface area (Å²) < 4.78 is 0. The van der Waals surface area contributed by atoms with E-state index in [4.69, 9.17) is 10.8 Å². The quantitative estimate of drug-likeness (QED) is 0.538. The fourth-order valence-electron chi connectivity index (χ4n) is 1.39. The Morgan fingerprint density at radius 3 is 2.89 bits per heavy atom. The monoisotopic (exact) mass is 280 g/mol. The van der Waals surface area contributed by atoms with Crippen molar-refractivity contribution >= 4 is 23.2 Å². The van der Waals surface area contributed by atoms with Gasteiger partial charge in [-0.3, -0.25) is 9.59 Å². The second kappa shape index (κ2) is 7.56. The van der Waals surface area contributed by atoms with E-state index in [0.717, 1.165) is 10.4 Å². The Hall–Kier alpha value is -1.84. The van der Waals surface area contributed by atoms with Crippen LogP contribution in [0.25, 0.3) is 0 Å². The van der Waals surface area contributed by atoms with Gasteiger partial charge in [-0.25, -0.2) is 0 Å². The van der Waals surface area contributed by atoms with Gasteiger partial charge in [0.05, 0.1) is 9.75 Å². The van der Waals surface area contributed by atoms with E-state index < -0.39 is 0 Å². The lowest BCUT2D eigenvalue weighted by Crippen LogP contribution is -2.24. The van der Waals surface area contributed by atoms with E-state index in [2.05, 4.69) is 17.2 Å². The Labute approximate surface area is 115 Å². The van der Waals surface area contributed by atoms with Crippen LogP contribution >= 0.6 is 11.3 Å². The van der Waals surface area contributed by atoms with Gasteiger partial charge in [0.1, 0.15) is 6.61 Å². The van der Waals surface area contributed by atoms with Crippen molar-refractivity contribution in [3.8, 4) is 11.8 Å². The highest BCUT2D eigenvalue weighted by atomic mass is 32.1. The van der Waals surface area contributed by atoms with E-state index in [1.165, 1.54) is 11.3 Å². The standard InChI is InChI=1S/C13H16N2O3S/c1-9-8-11(19-10(9)4-3-7-16)13(18)15-6-2-5-12(14)17/h8,16H,2,5-7H2,1H3,(H2,14,17)(H,15,18). The van der Waals surface area contributed by atoms with Crippen molar-refractivity contribution in [1.82, 2.24) is 5.32 Å². The summed E-state index contributed by atoms with van der Waals surface area (Å²) in [5.74, 6) is 4.79. The third-order valence-electron chi connectivity index (χ3n) is 2.31. The number of rotatable bonds is 5. The van der Waals surface area contributed by atoms with Gasteiger partial charge in [0.25, 0.3) is 5.91 Å². The third-order valence-corrected chi connectivity index (χ3v) is 3.46. The van der Waals surface area contributed by atoms with Crippen LogP contribution in [0.2, 0.25) is 0 Å². The highest BCUT2D eigenvalue weighted by Crippen LogP contribution is 2.20. The molecule has 0 atom stereocenters. The highest BCUT2D eigenvalue weighted by Gasteiger charge is 2.10. The van der Waals surface area contributed by atoms with Crippen LogP contribution in [0.3, 0.4) is 0 Å². The minimum Gasteiger partial charge on any atom is -0.384 e. The lowest BCUT2D eigenvalue weighted by molar-refractivity contribution is -0.118. The van der Waals surface area contributed by atoms with Crippen LogP contribution in [-0.4, -0.2) is 30.1 Å². The van der Waals surface area contributed by atoms with Gasteiger partial charge in [-0.1, -0.05) is 11.8 Å². The van der Waals surface area contributed by atoms with Gasteiger partial charge in [0, 0.05) is 13.0 Å².